The Balaban J connectivity index is 1.94. The second kappa shape index (κ2) is 6.49. The van der Waals surface area contributed by atoms with E-state index >= 15 is 0 Å². The Morgan fingerprint density at radius 3 is 2.48 bits per heavy atom. The maximum Gasteiger partial charge on any atom is 0.332 e. The summed E-state index contributed by atoms with van der Waals surface area (Å²) in [6.45, 7) is 0.656. The number of nitrogens with zero attached hydrogens (tertiary/aromatic N) is 3. The lowest BCUT2D eigenvalue weighted by molar-refractivity contribution is 0.637. The summed E-state index contributed by atoms with van der Waals surface area (Å²) in [4.78, 5) is 31.0. The summed E-state index contributed by atoms with van der Waals surface area (Å²) in [6, 6.07) is 17.1. The molecule has 1 aromatic carbocycles. The minimum atomic E-state index is -0.349. The van der Waals surface area contributed by atoms with Crippen molar-refractivity contribution in [2.24, 2.45) is 0 Å². The van der Waals surface area contributed by atoms with Crippen LogP contribution in [0.25, 0.3) is 11.0 Å². The average Bonchev–Trinajstić information content (AvgIpc) is 3.16. The predicted octanol–water partition coefficient (Wildman–Crippen LogP) is 2.72. The fourth-order valence-corrected chi connectivity index (χ4v) is 3.55. The zero-order chi connectivity index (χ0) is 17.2. The first kappa shape index (κ1) is 15.5. The highest BCUT2D eigenvalue weighted by Crippen LogP contribution is 2.11. The molecule has 124 valence electrons. The van der Waals surface area contributed by atoms with Crippen LogP contribution in [0.4, 0.5) is 0 Å². The fraction of sp³-hybridized carbons (Fsp3) is 0.105. The monoisotopic (exact) mass is 349 g/mol. The molecule has 0 atom stereocenters. The summed E-state index contributed by atoms with van der Waals surface area (Å²) in [5, 5.41) is 1.93. The zero-order valence-corrected chi connectivity index (χ0v) is 14.1. The van der Waals surface area contributed by atoms with Crippen molar-refractivity contribution in [3.63, 3.8) is 0 Å². The van der Waals surface area contributed by atoms with Gasteiger partial charge in [0.1, 0.15) is 0 Å². The van der Waals surface area contributed by atoms with Gasteiger partial charge in [0.2, 0.25) is 0 Å². The van der Waals surface area contributed by atoms with E-state index in [-0.39, 0.29) is 17.8 Å². The smallest absolute Gasteiger partial charge is 0.287 e. The van der Waals surface area contributed by atoms with Crippen LogP contribution >= 0.6 is 11.3 Å². The van der Waals surface area contributed by atoms with Gasteiger partial charge >= 0.3 is 5.69 Å². The highest BCUT2D eigenvalue weighted by molar-refractivity contribution is 7.09. The zero-order valence-electron chi connectivity index (χ0n) is 13.3. The Hall–Kier alpha value is -2.99. The minimum Gasteiger partial charge on any atom is -0.287 e. The Kier molecular flexibility index (Phi) is 4.03. The minimum absolute atomic E-state index is 0.261. The van der Waals surface area contributed by atoms with Crippen LogP contribution in [0.5, 0.6) is 0 Å². The van der Waals surface area contributed by atoms with E-state index < -0.39 is 0 Å². The second-order valence-corrected chi connectivity index (χ2v) is 6.73. The van der Waals surface area contributed by atoms with Crippen LogP contribution in [-0.4, -0.2) is 14.1 Å². The topological polar surface area (TPSA) is 56.9 Å². The molecule has 5 nitrogen and oxygen atoms in total. The van der Waals surface area contributed by atoms with Gasteiger partial charge in [-0.3, -0.25) is 13.9 Å². The van der Waals surface area contributed by atoms with Gasteiger partial charge in [-0.25, -0.2) is 9.78 Å². The number of rotatable bonds is 4. The highest BCUT2D eigenvalue weighted by atomic mass is 32.1. The molecular formula is C19H15N3O2S. The van der Waals surface area contributed by atoms with Gasteiger partial charge in [0.05, 0.1) is 18.6 Å². The van der Waals surface area contributed by atoms with Crippen LogP contribution in [-0.2, 0) is 13.1 Å². The molecule has 0 aliphatic rings. The highest BCUT2D eigenvalue weighted by Gasteiger charge is 2.14. The standard InChI is InChI=1S/C19H15N3O2S/c23-18-17-16(9-4-10-20-17)21(12-14-6-2-1-3-7-14)19(24)22(18)13-15-8-5-11-25-15/h1-11H,12-13H2. The Labute approximate surface area is 147 Å². The molecule has 0 aliphatic heterocycles. The third kappa shape index (κ3) is 2.92. The molecule has 0 N–H and O–H groups in total. The molecule has 0 amide bonds. The summed E-state index contributed by atoms with van der Waals surface area (Å²) in [5.41, 5.74) is 1.20. The van der Waals surface area contributed by atoms with E-state index in [2.05, 4.69) is 4.98 Å². The lowest BCUT2D eigenvalue weighted by atomic mass is 10.2. The average molecular weight is 349 g/mol. The number of hydrogen-bond acceptors (Lipinski definition) is 4. The van der Waals surface area contributed by atoms with E-state index in [0.717, 1.165) is 10.4 Å². The summed E-state index contributed by atoms with van der Waals surface area (Å²) in [6.07, 6.45) is 1.58. The molecule has 25 heavy (non-hydrogen) atoms. The van der Waals surface area contributed by atoms with E-state index in [9.17, 15) is 9.59 Å². The number of aromatic nitrogens is 3. The molecule has 0 aliphatic carbocycles. The van der Waals surface area contributed by atoms with Crippen molar-refractivity contribution in [1.29, 1.82) is 0 Å². The molecule has 3 heterocycles. The first-order chi connectivity index (χ1) is 12.2. The number of hydrogen-bond donors (Lipinski definition) is 0. The molecule has 3 aromatic heterocycles. The van der Waals surface area contributed by atoms with Crippen molar-refractivity contribution in [1.82, 2.24) is 14.1 Å². The Bertz CT molecular complexity index is 1130. The van der Waals surface area contributed by atoms with E-state index in [1.165, 1.54) is 15.9 Å². The molecule has 0 radical (unpaired) electrons. The van der Waals surface area contributed by atoms with Crippen molar-refractivity contribution in [3.8, 4) is 0 Å². The number of pyridine rings is 1. The number of fused-ring (bicyclic) bond motifs is 1. The Morgan fingerprint density at radius 1 is 0.880 bits per heavy atom. The molecule has 0 saturated heterocycles. The SMILES string of the molecule is O=c1c2ncccc2n(Cc2ccccc2)c(=O)n1Cc1cccs1. The summed E-state index contributed by atoms with van der Waals surface area (Å²) < 4.78 is 2.89. The number of thiophene rings is 1. The van der Waals surface area contributed by atoms with Crippen LogP contribution in [0.1, 0.15) is 10.4 Å². The molecule has 0 spiro atoms. The van der Waals surface area contributed by atoms with Gasteiger partial charge < -0.3 is 0 Å². The molecule has 4 rings (SSSR count). The van der Waals surface area contributed by atoms with Crippen molar-refractivity contribution < 1.29 is 0 Å². The van der Waals surface area contributed by atoms with Crippen LogP contribution in [0, 0.1) is 0 Å². The van der Waals surface area contributed by atoms with Gasteiger partial charge in [-0.2, -0.15) is 0 Å². The third-order valence-corrected chi connectivity index (χ3v) is 4.93. The quantitative estimate of drug-likeness (QED) is 0.569. The van der Waals surface area contributed by atoms with E-state index in [1.54, 1.807) is 22.9 Å². The maximum atomic E-state index is 13.0. The van der Waals surface area contributed by atoms with Crippen molar-refractivity contribution >= 4 is 22.4 Å². The van der Waals surface area contributed by atoms with Crippen LogP contribution < -0.4 is 11.2 Å². The van der Waals surface area contributed by atoms with Crippen molar-refractivity contribution in [2.45, 2.75) is 13.1 Å². The Morgan fingerprint density at radius 2 is 1.72 bits per heavy atom. The summed E-state index contributed by atoms with van der Waals surface area (Å²) in [5.74, 6) is 0. The largest absolute Gasteiger partial charge is 0.332 e. The number of benzene rings is 1. The van der Waals surface area contributed by atoms with Gasteiger partial charge in [-0.15, -0.1) is 11.3 Å². The molecular weight excluding hydrogens is 334 g/mol. The molecule has 0 fully saturated rings. The summed E-state index contributed by atoms with van der Waals surface area (Å²) >= 11 is 1.52. The molecule has 0 bridgehead atoms. The van der Waals surface area contributed by atoms with Crippen LogP contribution in [0.15, 0.2) is 75.8 Å². The van der Waals surface area contributed by atoms with Gasteiger partial charge in [0.15, 0.2) is 5.52 Å². The van der Waals surface area contributed by atoms with E-state index in [1.807, 2.05) is 47.8 Å². The first-order valence-electron chi connectivity index (χ1n) is 7.89. The van der Waals surface area contributed by atoms with Gasteiger partial charge in [-0.05, 0) is 29.1 Å². The predicted molar refractivity (Wildman–Crippen MR) is 99.2 cm³/mol. The van der Waals surface area contributed by atoms with Gasteiger partial charge in [-0.1, -0.05) is 36.4 Å². The normalized spacial score (nSPS) is 11.0. The van der Waals surface area contributed by atoms with Crippen molar-refractivity contribution in [3.05, 3.63) is 97.5 Å². The molecule has 0 saturated carbocycles. The van der Waals surface area contributed by atoms with E-state index in [4.69, 9.17) is 0 Å². The first-order valence-corrected chi connectivity index (χ1v) is 8.76. The molecule has 6 heteroatoms. The van der Waals surface area contributed by atoms with E-state index in [0.29, 0.717) is 17.6 Å². The second-order valence-electron chi connectivity index (χ2n) is 5.70. The lowest BCUT2D eigenvalue weighted by Gasteiger charge is -2.13. The third-order valence-electron chi connectivity index (χ3n) is 4.06. The van der Waals surface area contributed by atoms with Gasteiger partial charge in [0, 0.05) is 11.1 Å². The fourth-order valence-electron chi connectivity index (χ4n) is 2.86. The van der Waals surface area contributed by atoms with Crippen molar-refractivity contribution in [2.75, 3.05) is 0 Å². The van der Waals surface area contributed by atoms with Crippen LogP contribution in [0.2, 0.25) is 0 Å². The van der Waals surface area contributed by atoms with Gasteiger partial charge in [0.25, 0.3) is 5.56 Å². The molecule has 4 aromatic rings. The lowest BCUT2D eigenvalue weighted by Crippen LogP contribution is -2.40. The van der Waals surface area contributed by atoms with Crippen LogP contribution in [0.3, 0.4) is 0 Å². The maximum absolute atomic E-state index is 13.0. The molecule has 0 unspecified atom stereocenters. The summed E-state index contributed by atoms with van der Waals surface area (Å²) in [7, 11) is 0.